The zero-order valence-corrected chi connectivity index (χ0v) is 34.3. The van der Waals surface area contributed by atoms with E-state index in [0.29, 0.717) is 4.88 Å². The summed E-state index contributed by atoms with van der Waals surface area (Å²) in [5.74, 6) is -3.85. The Hall–Kier alpha value is -7.08. The van der Waals surface area contributed by atoms with Gasteiger partial charge in [-0.2, -0.15) is 54.4 Å². The second-order valence-electron chi connectivity index (χ2n) is 12.8. The number of methoxy groups -OCH3 is 1. The average molecular weight is 975 g/mol. The third-order valence-corrected chi connectivity index (χ3v) is 10.5. The first-order valence-corrected chi connectivity index (χ1v) is 18.7. The van der Waals surface area contributed by atoms with E-state index < -0.39 is 60.6 Å². The van der Waals surface area contributed by atoms with Crippen LogP contribution in [0.5, 0.6) is 11.8 Å². The number of carboxylic acids is 1. The van der Waals surface area contributed by atoms with Gasteiger partial charge in [0.25, 0.3) is 12.3 Å². The first-order valence-electron chi connectivity index (χ1n) is 17.0. The second-order valence-corrected chi connectivity index (χ2v) is 14.9. The SMILES string of the molecule is COC(=O)c1cc(-c2cc(-c3c(C)c(OC(F)(F)C(F)C(F)(F)F)nn3C)no2)sc1C#N.Cc1c(OC(F)(F)C(F)C(F)(F)F)nn(C)c1-c1cc(-c2cc(C(=O)O)c(C#N)s2)on1. The number of aromatic carboxylic acids is 1. The van der Waals surface area contributed by atoms with Gasteiger partial charge < -0.3 is 28.4 Å². The number of nitriles is 2. The molecular formula is C35H22F12N8O8S2. The topological polar surface area (TPSA) is 217 Å². The van der Waals surface area contributed by atoms with E-state index in [-0.39, 0.29) is 71.2 Å². The molecule has 65 heavy (non-hydrogen) atoms. The minimum Gasteiger partial charge on any atom is -0.478 e. The van der Waals surface area contributed by atoms with Crippen LogP contribution in [0.15, 0.2) is 33.3 Å². The van der Waals surface area contributed by atoms with Crippen LogP contribution in [-0.2, 0) is 18.8 Å². The summed E-state index contributed by atoms with van der Waals surface area (Å²) in [5, 5.41) is 42.0. The van der Waals surface area contributed by atoms with Gasteiger partial charge in [-0.15, -0.1) is 32.9 Å². The number of rotatable bonds is 12. The number of carboxylic acid groups (broad SMARTS) is 1. The van der Waals surface area contributed by atoms with Crippen molar-refractivity contribution in [3.05, 3.63) is 56.3 Å². The molecule has 6 aromatic heterocycles. The highest BCUT2D eigenvalue weighted by molar-refractivity contribution is 7.16. The van der Waals surface area contributed by atoms with Gasteiger partial charge in [0.05, 0.1) is 39.4 Å². The third-order valence-electron chi connectivity index (χ3n) is 8.41. The summed E-state index contributed by atoms with van der Waals surface area (Å²) in [6, 6.07) is 8.70. The first-order chi connectivity index (χ1) is 30.1. The highest BCUT2D eigenvalue weighted by atomic mass is 32.1. The fourth-order valence-corrected chi connectivity index (χ4v) is 7.27. The van der Waals surface area contributed by atoms with Gasteiger partial charge in [-0.25, -0.2) is 18.4 Å². The lowest BCUT2D eigenvalue weighted by molar-refractivity contribution is -0.306. The fraction of sp³-hybridized carbons (Fsp3) is 0.314. The van der Waals surface area contributed by atoms with Crippen molar-refractivity contribution in [3.63, 3.8) is 0 Å². The molecule has 1 N–H and O–H groups in total. The summed E-state index contributed by atoms with van der Waals surface area (Å²) in [5.41, 5.74) is -0.560. The van der Waals surface area contributed by atoms with Gasteiger partial charge in [-0.1, -0.05) is 10.3 Å². The van der Waals surface area contributed by atoms with E-state index in [9.17, 15) is 67.5 Å². The number of hydrogen-bond donors (Lipinski definition) is 1. The number of halogens is 12. The molecule has 6 rings (SSSR count). The number of ether oxygens (including phenoxy) is 3. The van der Waals surface area contributed by atoms with Crippen LogP contribution in [0.3, 0.4) is 0 Å². The Balaban J connectivity index is 0.000000244. The number of hydrogen-bond acceptors (Lipinski definition) is 15. The predicted molar refractivity (Wildman–Crippen MR) is 194 cm³/mol. The molecule has 346 valence electrons. The Labute approximate surface area is 361 Å². The quantitative estimate of drug-likeness (QED) is 0.0893. The van der Waals surface area contributed by atoms with Crippen LogP contribution < -0.4 is 9.47 Å². The first kappa shape index (κ1) is 48.9. The highest BCUT2D eigenvalue weighted by Gasteiger charge is 2.61. The fourth-order valence-electron chi connectivity index (χ4n) is 5.48. The Bertz CT molecular complexity index is 2840. The van der Waals surface area contributed by atoms with Crippen LogP contribution >= 0.6 is 22.7 Å². The smallest absolute Gasteiger partial charge is 0.440 e. The Morgan fingerprint density at radius 3 is 1.40 bits per heavy atom. The average Bonchev–Trinajstić information content (AvgIpc) is 4.08. The van der Waals surface area contributed by atoms with E-state index in [1.165, 1.54) is 52.2 Å². The molecule has 0 amide bonds. The normalized spacial score (nSPS) is 13.0. The van der Waals surface area contributed by atoms with E-state index in [0.717, 1.165) is 39.1 Å². The van der Waals surface area contributed by atoms with Crippen molar-refractivity contribution < 1.29 is 90.6 Å². The van der Waals surface area contributed by atoms with Crippen LogP contribution in [0, 0.1) is 36.5 Å². The monoisotopic (exact) mass is 974 g/mol. The van der Waals surface area contributed by atoms with E-state index in [1.807, 2.05) is 6.07 Å². The molecule has 6 heterocycles. The predicted octanol–water partition coefficient (Wildman–Crippen LogP) is 9.20. The molecule has 2 atom stereocenters. The van der Waals surface area contributed by atoms with Crippen LogP contribution in [0.25, 0.3) is 44.1 Å². The molecule has 16 nitrogen and oxygen atoms in total. The molecule has 0 spiro atoms. The maximum atomic E-state index is 13.7. The molecule has 0 fully saturated rings. The van der Waals surface area contributed by atoms with Gasteiger partial charge in [0.2, 0.25) is 11.8 Å². The number of carbonyl (C=O) groups is 2. The van der Waals surface area contributed by atoms with E-state index >= 15 is 0 Å². The summed E-state index contributed by atoms with van der Waals surface area (Å²) in [7, 11) is 3.66. The summed E-state index contributed by atoms with van der Waals surface area (Å²) < 4.78 is 180. The lowest BCUT2D eigenvalue weighted by Gasteiger charge is -2.22. The van der Waals surface area contributed by atoms with Crippen LogP contribution in [0.1, 0.15) is 41.6 Å². The van der Waals surface area contributed by atoms with Gasteiger partial charge in [0.1, 0.15) is 33.3 Å². The van der Waals surface area contributed by atoms with Gasteiger partial charge in [-0.3, -0.25) is 9.36 Å². The number of carbonyl (C=O) groups excluding carboxylic acids is 1. The Morgan fingerprint density at radius 2 is 1.08 bits per heavy atom. The van der Waals surface area contributed by atoms with Crippen LogP contribution in [0.2, 0.25) is 0 Å². The maximum absolute atomic E-state index is 13.7. The van der Waals surface area contributed by atoms with Gasteiger partial charge in [0.15, 0.2) is 11.5 Å². The molecular weight excluding hydrogens is 953 g/mol. The lowest BCUT2D eigenvalue weighted by atomic mass is 10.2. The van der Waals surface area contributed by atoms with Crippen LogP contribution in [0.4, 0.5) is 52.7 Å². The van der Waals surface area contributed by atoms with E-state index in [2.05, 4.69) is 34.7 Å². The highest BCUT2D eigenvalue weighted by Crippen LogP contribution is 2.42. The summed E-state index contributed by atoms with van der Waals surface area (Å²) >= 11 is 1.71. The largest absolute Gasteiger partial charge is 0.478 e. The van der Waals surface area contributed by atoms with Crippen molar-refractivity contribution in [1.29, 1.82) is 10.5 Å². The van der Waals surface area contributed by atoms with Crippen molar-refractivity contribution in [2.45, 2.75) is 50.8 Å². The van der Waals surface area contributed by atoms with Crippen molar-refractivity contribution >= 4 is 34.6 Å². The van der Waals surface area contributed by atoms with Gasteiger partial charge in [-0.05, 0) is 26.0 Å². The number of thiophene rings is 2. The van der Waals surface area contributed by atoms with Gasteiger partial charge >= 0.3 is 36.5 Å². The molecule has 0 aliphatic heterocycles. The van der Waals surface area contributed by atoms with E-state index in [1.54, 1.807) is 6.07 Å². The second kappa shape index (κ2) is 17.8. The molecule has 0 aromatic carbocycles. The molecule has 0 aliphatic rings. The molecule has 0 saturated heterocycles. The molecule has 6 aromatic rings. The summed E-state index contributed by atoms with van der Waals surface area (Å²) in [6.07, 6.45) is -31.3. The number of aryl methyl sites for hydroxylation is 2. The molecule has 30 heteroatoms. The minimum atomic E-state index is -5.85. The maximum Gasteiger partial charge on any atom is 0.440 e. The van der Waals surface area contributed by atoms with Crippen molar-refractivity contribution in [1.82, 2.24) is 29.9 Å². The molecule has 0 aliphatic carbocycles. The summed E-state index contributed by atoms with van der Waals surface area (Å²) in [6.45, 7) is 2.39. The Morgan fingerprint density at radius 1 is 0.708 bits per heavy atom. The summed E-state index contributed by atoms with van der Waals surface area (Å²) in [4.78, 5) is 23.5. The number of nitrogens with zero attached hydrogens (tertiary/aromatic N) is 8. The molecule has 0 saturated carbocycles. The van der Waals surface area contributed by atoms with Crippen LogP contribution in [-0.4, -0.2) is 90.9 Å². The molecule has 0 radical (unpaired) electrons. The minimum absolute atomic E-state index is 0.00183. The zero-order chi connectivity index (χ0) is 48.7. The van der Waals surface area contributed by atoms with Crippen molar-refractivity contribution in [2.24, 2.45) is 14.1 Å². The zero-order valence-electron chi connectivity index (χ0n) is 32.7. The van der Waals surface area contributed by atoms with E-state index in [4.69, 9.17) is 19.4 Å². The third kappa shape index (κ3) is 10.0. The lowest BCUT2D eigenvalue weighted by Crippen LogP contribution is -2.45. The van der Waals surface area contributed by atoms with Crippen molar-refractivity contribution in [2.75, 3.05) is 7.11 Å². The number of esters is 1. The molecule has 0 bridgehead atoms. The van der Waals surface area contributed by atoms with Crippen molar-refractivity contribution in [3.8, 4) is 67.9 Å². The Kier molecular flexibility index (Phi) is 13.4. The number of aromatic nitrogens is 6. The molecule has 2 unspecified atom stereocenters. The van der Waals surface area contributed by atoms with Gasteiger partial charge in [0, 0.05) is 37.4 Å². The number of alkyl halides is 12. The standard InChI is InChI=1S/C18H12F6N4O4S.C17H10F6N4O4S/c1-7-13(28(2)26-14(7)31-18(23,24)16(19)17(20,21)22)9-5-10(32-27-9)11-4-8(15(29)30-3)12(6-25)33-11;1-6-12(27(2)25-13(6)30-17(22,23)15(18)16(19,20)21)8-4-9(31-26-8)10-3-7(14(28)29)11(5-24)32-10/h4-5,16H,1-3H3;3-4,15H,1-2H3,(H,28,29).